The first-order chi connectivity index (χ1) is 8.70. The molecular weight excluding hydrogens is 325 g/mol. The second-order valence-corrected chi connectivity index (χ2v) is 5.29. The van der Waals surface area contributed by atoms with Crippen LogP contribution in [-0.4, -0.2) is 35.1 Å². The minimum absolute atomic E-state index is 0.0413. The molecule has 0 saturated heterocycles. The predicted octanol–water partition coefficient (Wildman–Crippen LogP) is 3.50. The standard InChI is InChI=1S/C12H14BrF3N2O/c1-8(2)6-18(7-12(14,15)16)11(19)9-4-3-5-17-10(9)13/h3-5,8H,6-7H2,1-2H3. The van der Waals surface area contributed by atoms with Crippen LogP contribution in [0.25, 0.3) is 0 Å². The number of alkyl halides is 3. The summed E-state index contributed by atoms with van der Waals surface area (Å²) in [6.07, 6.45) is -2.96. The molecule has 0 fully saturated rings. The lowest BCUT2D eigenvalue weighted by Crippen LogP contribution is -2.41. The van der Waals surface area contributed by atoms with Crippen molar-refractivity contribution < 1.29 is 18.0 Å². The summed E-state index contributed by atoms with van der Waals surface area (Å²) in [4.78, 5) is 16.8. The molecule has 1 aromatic rings. The SMILES string of the molecule is CC(C)CN(CC(F)(F)F)C(=O)c1cccnc1Br. The summed E-state index contributed by atoms with van der Waals surface area (Å²) in [7, 11) is 0. The fourth-order valence-electron chi connectivity index (χ4n) is 1.59. The van der Waals surface area contributed by atoms with Gasteiger partial charge in [0.2, 0.25) is 0 Å². The van der Waals surface area contributed by atoms with Crippen molar-refractivity contribution in [2.24, 2.45) is 5.92 Å². The van der Waals surface area contributed by atoms with Gasteiger partial charge in [0, 0.05) is 12.7 Å². The number of pyridine rings is 1. The summed E-state index contributed by atoms with van der Waals surface area (Å²) in [5.74, 6) is -0.729. The Morgan fingerprint density at radius 2 is 2.11 bits per heavy atom. The Kier molecular flexibility index (Phi) is 5.34. The molecule has 106 valence electrons. The molecule has 0 atom stereocenters. The zero-order valence-corrected chi connectivity index (χ0v) is 12.1. The van der Waals surface area contributed by atoms with Crippen molar-refractivity contribution in [3.05, 3.63) is 28.5 Å². The third-order valence-electron chi connectivity index (χ3n) is 2.23. The van der Waals surface area contributed by atoms with Crippen LogP contribution >= 0.6 is 15.9 Å². The van der Waals surface area contributed by atoms with Crippen LogP contribution in [0.15, 0.2) is 22.9 Å². The third-order valence-corrected chi connectivity index (χ3v) is 2.86. The van der Waals surface area contributed by atoms with E-state index in [9.17, 15) is 18.0 Å². The Balaban J connectivity index is 2.97. The number of aromatic nitrogens is 1. The van der Waals surface area contributed by atoms with E-state index in [0.29, 0.717) is 0 Å². The maximum absolute atomic E-state index is 12.5. The molecule has 1 amide bonds. The van der Waals surface area contributed by atoms with Gasteiger partial charge in [-0.2, -0.15) is 13.2 Å². The smallest absolute Gasteiger partial charge is 0.329 e. The van der Waals surface area contributed by atoms with Crippen molar-refractivity contribution in [1.29, 1.82) is 0 Å². The first kappa shape index (κ1) is 15.9. The first-order valence-corrected chi connectivity index (χ1v) is 6.46. The van der Waals surface area contributed by atoms with E-state index in [1.165, 1.54) is 18.3 Å². The molecule has 7 heteroatoms. The highest BCUT2D eigenvalue weighted by Gasteiger charge is 2.34. The third kappa shape index (κ3) is 5.18. The fourth-order valence-corrected chi connectivity index (χ4v) is 2.01. The number of amides is 1. The fraction of sp³-hybridized carbons (Fsp3) is 0.500. The van der Waals surface area contributed by atoms with Crippen molar-refractivity contribution in [1.82, 2.24) is 9.88 Å². The van der Waals surface area contributed by atoms with Gasteiger partial charge in [0.1, 0.15) is 11.1 Å². The van der Waals surface area contributed by atoms with Gasteiger partial charge in [-0.1, -0.05) is 13.8 Å². The zero-order valence-electron chi connectivity index (χ0n) is 10.5. The molecule has 0 N–H and O–H groups in total. The van der Waals surface area contributed by atoms with Gasteiger partial charge in [0.25, 0.3) is 5.91 Å². The van der Waals surface area contributed by atoms with Crippen molar-refractivity contribution >= 4 is 21.8 Å². The van der Waals surface area contributed by atoms with Crippen LogP contribution in [0.3, 0.4) is 0 Å². The second kappa shape index (κ2) is 6.36. The van der Waals surface area contributed by atoms with E-state index in [1.807, 2.05) is 0 Å². The Morgan fingerprint density at radius 3 is 2.58 bits per heavy atom. The summed E-state index contributed by atoms with van der Waals surface area (Å²) >= 11 is 3.07. The van der Waals surface area contributed by atoms with E-state index >= 15 is 0 Å². The van der Waals surface area contributed by atoms with Crippen LogP contribution in [0, 0.1) is 5.92 Å². The molecule has 0 aliphatic rings. The van der Waals surface area contributed by atoms with E-state index in [4.69, 9.17) is 0 Å². The largest absolute Gasteiger partial charge is 0.406 e. The van der Waals surface area contributed by atoms with E-state index in [2.05, 4.69) is 20.9 Å². The number of hydrogen-bond acceptors (Lipinski definition) is 2. The average Bonchev–Trinajstić information content (AvgIpc) is 2.25. The molecule has 0 bridgehead atoms. The Labute approximate surface area is 117 Å². The summed E-state index contributed by atoms with van der Waals surface area (Å²) in [6.45, 7) is 2.30. The Bertz CT molecular complexity index is 449. The van der Waals surface area contributed by atoms with Crippen LogP contribution in [-0.2, 0) is 0 Å². The van der Waals surface area contributed by atoms with Crippen LogP contribution in [0.2, 0.25) is 0 Å². The zero-order chi connectivity index (χ0) is 14.6. The Morgan fingerprint density at radius 1 is 1.47 bits per heavy atom. The summed E-state index contributed by atoms with van der Waals surface area (Å²) in [5.41, 5.74) is 0.132. The van der Waals surface area contributed by atoms with Gasteiger partial charge in [-0.3, -0.25) is 4.79 Å². The van der Waals surface area contributed by atoms with Gasteiger partial charge in [-0.05, 0) is 34.0 Å². The monoisotopic (exact) mass is 338 g/mol. The first-order valence-electron chi connectivity index (χ1n) is 5.67. The molecule has 0 unspecified atom stereocenters. The molecule has 0 aliphatic heterocycles. The van der Waals surface area contributed by atoms with Gasteiger partial charge in [-0.25, -0.2) is 4.98 Å². The average molecular weight is 339 g/mol. The quantitative estimate of drug-likeness (QED) is 0.787. The number of hydrogen-bond donors (Lipinski definition) is 0. The lowest BCUT2D eigenvalue weighted by atomic mass is 10.1. The molecule has 1 rings (SSSR count). The molecule has 1 heterocycles. The molecule has 19 heavy (non-hydrogen) atoms. The molecule has 1 aromatic heterocycles. The van der Waals surface area contributed by atoms with E-state index in [0.717, 1.165) is 4.90 Å². The molecule has 3 nitrogen and oxygen atoms in total. The Hall–Kier alpha value is -1.11. The van der Waals surface area contributed by atoms with E-state index < -0.39 is 18.6 Å². The molecular formula is C12H14BrF3N2O. The van der Waals surface area contributed by atoms with Gasteiger partial charge in [0.15, 0.2) is 0 Å². The lowest BCUT2D eigenvalue weighted by molar-refractivity contribution is -0.141. The second-order valence-electron chi connectivity index (χ2n) is 4.54. The maximum Gasteiger partial charge on any atom is 0.406 e. The van der Waals surface area contributed by atoms with Crippen LogP contribution in [0.5, 0.6) is 0 Å². The molecule has 0 spiro atoms. The van der Waals surface area contributed by atoms with Crippen LogP contribution in [0.4, 0.5) is 13.2 Å². The minimum Gasteiger partial charge on any atom is -0.329 e. The molecule has 0 aliphatic carbocycles. The topological polar surface area (TPSA) is 33.2 Å². The normalized spacial score (nSPS) is 11.7. The molecule has 0 radical (unpaired) electrons. The number of carbonyl (C=O) groups excluding carboxylic acids is 1. The van der Waals surface area contributed by atoms with Gasteiger partial charge >= 0.3 is 6.18 Å². The van der Waals surface area contributed by atoms with Crippen molar-refractivity contribution in [2.45, 2.75) is 20.0 Å². The summed E-state index contributed by atoms with van der Waals surface area (Å²) < 4.78 is 37.8. The molecule has 0 saturated carbocycles. The minimum atomic E-state index is -4.42. The van der Waals surface area contributed by atoms with Crippen molar-refractivity contribution in [3.8, 4) is 0 Å². The lowest BCUT2D eigenvalue weighted by Gasteiger charge is -2.25. The maximum atomic E-state index is 12.5. The van der Waals surface area contributed by atoms with Gasteiger partial charge < -0.3 is 4.90 Å². The number of nitrogens with zero attached hydrogens (tertiary/aromatic N) is 2. The highest BCUT2D eigenvalue weighted by atomic mass is 79.9. The number of carbonyl (C=O) groups is 1. The van der Waals surface area contributed by atoms with E-state index in [1.54, 1.807) is 13.8 Å². The molecule has 0 aromatic carbocycles. The van der Waals surface area contributed by atoms with Crippen LogP contribution < -0.4 is 0 Å². The van der Waals surface area contributed by atoms with E-state index in [-0.39, 0.29) is 22.6 Å². The summed E-state index contributed by atoms with van der Waals surface area (Å²) in [5, 5.41) is 0. The van der Waals surface area contributed by atoms with Crippen molar-refractivity contribution in [2.75, 3.05) is 13.1 Å². The predicted molar refractivity (Wildman–Crippen MR) is 68.7 cm³/mol. The number of rotatable bonds is 4. The highest BCUT2D eigenvalue weighted by Crippen LogP contribution is 2.21. The van der Waals surface area contributed by atoms with Gasteiger partial charge in [-0.15, -0.1) is 0 Å². The number of halogens is 4. The highest BCUT2D eigenvalue weighted by molar-refractivity contribution is 9.10. The van der Waals surface area contributed by atoms with Crippen molar-refractivity contribution in [3.63, 3.8) is 0 Å². The van der Waals surface area contributed by atoms with Gasteiger partial charge in [0.05, 0.1) is 5.56 Å². The summed E-state index contributed by atoms with van der Waals surface area (Å²) in [6, 6.07) is 2.96. The van der Waals surface area contributed by atoms with Crippen LogP contribution in [0.1, 0.15) is 24.2 Å².